The molecule has 1 N–H and O–H groups in total. The van der Waals surface area contributed by atoms with E-state index in [2.05, 4.69) is 5.32 Å². The summed E-state index contributed by atoms with van der Waals surface area (Å²) in [5.74, 6) is 0.174. The predicted octanol–water partition coefficient (Wildman–Crippen LogP) is 5.20. The van der Waals surface area contributed by atoms with Gasteiger partial charge in [-0.05, 0) is 23.9 Å². The second-order valence-electron chi connectivity index (χ2n) is 5.90. The van der Waals surface area contributed by atoms with Gasteiger partial charge in [-0.3, -0.25) is 14.9 Å². The number of ether oxygens (including phenoxy) is 1. The van der Waals surface area contributed by atoms with E-state index in [1.807, 2.05) is 43.3 Å². The van der Waals surface area contributed by atoms with E-state index in [0.29, 0.717) is 12.2 Å². The number of nitrogens with one attached hydrogen (secondary N) is 1. The lowest BCUT2D eigenvalue weighted by molar-refractivity contribution is -0.384. The number of nitro groups is 1. The molecule has 1 unspecified atom stereocenters. The minimum absolute atomic E-state index is 0.155. The summed E-state index contributed by atoms with van der Waals surface area (Å²) in [5, 5.41) is 15.7. The van der Waals surface area contributed by atoms with Crippen LogP contribution >= 0.6 is 11.6 Å². The van der Waals surface area contributed by atoms with E-state index in [1.165, 1.54) is 18.2 Å². The number of amides is 1. The fourth-order valence-electron chi connectivity index (χ4n) is 2.71. The molecular formula is C20H17ClN2O4. The van der Waals surface area contributed by atoms with Crippen molar-refractivity contribution in [2.75, 3.05) is 5.32 Å². The van der Waals surface area contributed by atoms with E-state index in [9.17, 15) is 14.9 Å². The van der Waals surface area contributed by atoms with Gasteiger partial charge in [-0.2, -0.15) is 0 Å². The Hall–Kier alpha value is -3.12. The number of anilines is 1. The minimum atomic E-state index is -0.772. The van der Waals surface area contributed by atoms with Gasteiger partial charge in [0.2, 0.25) is 0 Å². The summed E-state index contributed by atoms with van der Waals surface area (Å²) in [6, 6.07) is 17.2. The van der Waals surface area contributed by atoms with Gasteiger partial charge in [-0.25, -0.2) is 0 Å². The van der Waals surface area contributed by atoms with Crippen molar-refractivity contribution >= 4 is 39.7 Å². The van der Waals surface area contributed by atoms with Crippen LogP contribution in [0.5, 0.6) is 5.75 Å². The first kappa shape index (κ1) is 18.7. The molecule has 138 valence electrons. The monoisotopic (exact) mass is 384 g/mol. The Balaban J connectivity index is 1.82. The molecule has 3 rings (SSSR count). The number of rotatable bonds is 6. The Morgan fingerprint density at radius 3 is 2.67 bits per heavy atom. The van der Waals surface area contributed by atoms with Crippen molar-refractivity contribution in [1.29, 1.82) is 0 Å². The summed E-state index contributed by atoms with van der Waals surface area (Å²) >= 11 is 6.05. The molecule has 0 aliphatic heterocycles. The molecule has 1 amide bonds. The first-order chi connectivity index (χ1) is 13.0. The van der Waals surface area contributed by atoms with Crippen molar-refractivity contribution in [3.63, 3.8) is 0 Å². The van der Waals surface area contributed by atoms with E-state index in [0.717, 1.165) is 10.8 Å². The van der Waals surface area contributed by atoms with Crippen LogP contribution in [0.3, 0.4) is 0 Å². The average Bonchev–Trinajstić information content (AvgIpc) is 2.67. The van der Waals surface area contributed by atoms with Gasteiger partial charge < -0.3 is 10.1 Å². The molecule has 0 saturated heterocycles. The molecular weight excluding hydrogens is 368 g/mol. The lowest BCUT2D eigenvalue weighted by Crippen LogP contribution is -2.32. The molecule has 3 aromatic rings. The van der Waals surface area contributed by atoms with Crippen LogP contribution in [-0.4, -0.2) is 16.9 Å². The maximum absolute atomic E-state index is 12.7. The zero-order valence-corrected chi connectivity index (χ0v) is 15.3. The van der Waals surface area contributed by atoms with Gasteiger partial charge in [-0.1, -0.05) is 54.9 Å². The molecule has 0 aromatic heterocycles. The normalized spacial score (nSPS) is 11.8. The molecule has 6 nitrogen and oxygen atoms in total. The molecule has 0 radical (unpaired) electrons. The molecule has 7 heteroatoms. The molecule has 1 atom stereocenters. The standard InChI is InChI=1S/C20H17ClN2O4/c1-2-18(27-19-9-5-7-13-6-3-4-8-15(13)19)20(24)22-17-12-14(23(25)26)10-11-16(17)21/h3-12,18H,2H2,1H3,(H,22,24). The molecule has 3 aromatic carbocycles. The van der Waals surface area contributed by atoms with E-state index in [1.54, 1.807) is 6.07 Å². The van der Waals surface area contributed by atoms with Crippen molar-refractivity contribution in [3.8, 4) is 5.75 Å². The Bertz CT molecular complexity index is 1000. The van der Waals surface area contributed by atoms with Crippen LogP contribution in [-0.2, 0) is 4.79 Å². The third-order valence-electron chi connectivity index (χ3n) is 4.10. The molecule has 0 aliphatic rings. The van der Waals surface area contributed by atoms with E-state index in [4.69, 9.17) is 16.3 Å². The predicted molar refractivity (Wildman–Crippen MR) is 105 cm³/mol. The van der Waals surface area contributed by atoms with E-state index in [-0.39, 0.29) is 16.4 Å². The van der Waals surface area contributed by atoms with Gasteiger partial charge in [0.15, 0.2) is 6.10 Å². The van der Waals surface area contributed by atoms with E-state index >= 15 is 0 Å². The first-order valence-corrected chi connectivity index (χ1v) is 8.76. The molecule has 0 fully saturated rings. The number of carbonyl (C=O) groups is 1. The second kappa shape index (κ2) is 8.05. The summed E-state index contributed by atoms with van der Waals surface area (Å²) in [6.45, 7) is 1.82. The van der Waals surface area contributed by atoms with Crippen LogP contribution < -0.4 is 10.1 Å². The minimum Gasteiger partial charge on any atom is -0.480 e. The Labute approximate surface area is 160 Å². The molecule has 27 heavy (non-hydrogen) atoms. The third-order valence-corrected chi connectivity index (χ3v) is 4.43. The van der Waals surface area contributed by atoms with Crippen molar-refractivity contribution in [2.45, 2.75) is 19.4 Å². The number of nitrogens with zero attached hydrogens (tertiary/aromatic N) is 1. The first-order valence-electron chi connectivity index (χ1n) is 8.39. The van der Waals surface area contributed by atoms with Crippen LogP contribution in [0.4, 0.5) is 11.4 Å². The zero-order valence-electron chi connectivity index (χ0n) is 14.5. The topological polar surface area (TPSA) is 81.5 Å². The number of hydrogen-bond acceptors (Lipinski definition) is 4. The van der Waals surface area contributed by atoms with Gasteiger partial charge in [0.05, 0.1) is 15.6 Å². The van der Waals surface area contributed by atoms with Gasteiger partial charge in [0.25, 0.3) is 11.6 Å². The number of carbonyl (C=O) groups excluding carboxylic acids is 1. The fraction of sp³-hybridized carbons (Fsp3) is 0.150. The molecule has 0 saturated carbocycles. The lowest BCUT2D eigenvalue weighted by atomic mass is 10.1. The Morgan fingerprint density at radius 1 is 1.19 bits per heavy atom. The quantitative estimate of drug-likeness (QED) is 0.468. The van der Waals surface area contributed by atoms with Crippen molar-refractivity contribution in [1.82, 2.24) is 0 Å². The van der Waals surface area contributed by atoms with Gasteiger partial charge in [0, 0.05) is 17.5 Å². The highest BCUT2D eigenvalue weighted by atomic mass is 35.5. The van der Waals surface area contributed by atoms with E-state index < -0.39 is 16.9 Å². The number of hydrogen-bond donors (Lipinski definition) is 1. The molecule has 0 aliphatic carbocycles. The SMILES string of the molecule is CCC(Oc1cccc2ccccc12)C(=O)Nc1cc([N+](=O)[O-])ccc1Cl. The summed E-state index contributed by atoms with van der Waals surface area (Å²) in [7, 11) is 0. The van der Waals surface area contributed by atoms with Crippen LogP contribution in [0.25, 0.3) is 10.8 Å². The summed E-state index contributed by atoms with van der Waals surface area (Å²) < 4.78 is 5.94. The summed E-state index contributed by atoms with van der Waals surface area (Å²) in [6.07, 6.45) is -0.354. The zero-order chi connectivity index (χ0) is 19.4. The number of halogens is 1. The average molecular weight is 385 g/mol. The number of fused-ring (bicyclic) bond motifs is 1. The third kappa shape index (κ3) is 4.17. The highest BCUT2D eigenvalue weighted by molar-refractivity contribution is 6.33. The summed E-state index contributed by atoms with van der Waals surface area (Å²) in [5.41, 5.74) is 0.0218. The maximum Gasteiger partial charge on any atom is 0.271 e. The second-order valence-corrected chi connectivity index (χ2v) is 6.31. The van der Waals surface area contributed by atoms with Crippen molar-refractivity contribution in [2.24, 2.45) is 0 Å². The molecule has 0 heterocycles. The van der Waals surface area contributed by atoms with Crippen LogP contribution in [0.15, 0.2) is 60.7 Å². The largest absolute Gasteiger partial charge is 0.480 e. The maximum atomic E-state index is 12.7. The van der Waals surface area contributed by atoms with Gasteiger partial charge in [-0.15, -0.1) is 0 Å². The van der Waals surface area contributed by atoms with Crippen molar-refractivity contribution in [3.05, 3.63) is 75.8 Å². The van der Waals surface area contributed by atoms with Crippen LogP contribution in [0, 0.1) is 10.1 Å². The number of nitro benzene ring substituents is 1. The molecule has 0 spiro atoms. The van der Waals surface area contributed by atoms with Gasteiger partial charge >= 0.3 is 0 Å². The number of benzene rings is 3. The van der Waals surface area contributed by atoms with Crippen LogP contribution in [0.2, 0.25) is 5.02 Å². The lowest BCUT2D eigenvalue weighted by Gasteiger charge is -2.19. The highest BCUT2D eigenvalue weighted by Gasteiger charge is 2.21. The number of non-ortho nitro benzene ring substituents is 1. The highest BCUT2D eigenvalue weighted by Crippen LogP contribution is 2.29. The van der Waals surface area contributed by atoms with Gasteiger partial charge in [0.1, 0.15) is 5.75 Å². The van der Waals surface area contributed by atoms with Crippen molar-refractivity contribution < 1.29 is 14.5 Å². The molecule has 0 bridgehead atoms. The smallest absolute Gasteiger partial charge is 0.271 e. The Morgan fingerprint density at radius 2 is 1.93 bits per heavy atom. The summed E-state index contributed by atoms with van der Waals surface area (Å²) in [4.78, 5) is 23.0. The fourth-order valence-corrected chi connectivity index (χ4v) is 2.87. The van der Waals surface area contributed by atoms with Crippen LogP contribution in [0.1, 0.15) is 13.3 Å². The Kier molecular flexibility index (Phi) is 5.57.